The number of rotatable bonds is 0. The maximum absolute atomic E-state index is 3.25. The van der Waals surface area contributed by atoms with Crippen molar-refractivity contribution in [3.8, 4) is 0 Å². The number of benzene rings is 1. The van der Waals surface area contributed by atoms with E-state index in [0.29, 0.717) is 0 Å². The Balaban J connectivity index is 0. The number of hydrogen-bond acceptors (Lipinski definition) is 0. The Morgan fingerprint density at radius 1 is 1.11 bits per heavy atom. The van der Waals surface area contributed by atoms with Crippen LogP contribution < -0.4 is 0 Å². The quantitative estimate of drug-likeness (QED) is 0.458. The van der Waals surface area contributed by atoms with Crippen molar-refractivity contribution >= 4 is 15.9 Å². The van der Waals surface area contributed by atoms with E-state index in [-0.39, 0.29) is 42.1 Å². The molecular formula is C6H3BrW2-2. The van der Waals surface area contributed by atoms with Crippen molar-refractivity contribution in [3.05, 3.63) is 34.8 Å². The minimum Gasteiger partial charge on any atom is -0.358 e. The molecule has 0 nitrogen and oxygen atoms in total. The zero-order chi connectivity index (χ0) is 5.11. The van der Waals surface area contributed by atoms with Crippen LogP contribution in [-0.4, -0.2) is 0 Å². The van der Waals surface area contributed by atoms with Crippen LogP contribution in [0.3, 0.4) is 0 Å². The molecule has 0 aliphatic carbocycles. The Kier molecular flexibility index (Phi) is 10.2. The van der Waals surface area contributed by atoms with Crippen LogP contribution in [0.5, 0.6) is 0 Å². The van der Waals surface area contributed by atoms with Gasteiger partial charge in [-0.3, -0.25) is 12.1 Å². The molecule has 1 rings (SSSR count). The summed E-state index contributed by atoms with van der Waals surface area (Å²) in [5.74, 6) is 0. The average Bonchev–Trinajstić information content (AvgIpc) is 1.69. The van der Waals surface area contributed by atoms with Gasteiger partial charge in [0.25, 0.3) is 0 Å². The SMILES string of the molecule is Brc1c[c-]c[c-]c1.[W].[W]. The van der Waals surface area contributed by atoms with Gasteiger partial charge in [0.05, 0.1) is 0 Å². The predicted octanol–water partition coefficient (Wildman–Crippen LogP) is 2.04. The monoisotopic (exact) mass is 522 g/mol. The van der Waals surface area contributed by atoms with Crippen LogP contribution in [0.2, 0.25) is 0 Å². The summed E-state index contributed by atoms with van der Waals surface area (Å²) in [6.07, 6.45) is 0. The molecule has 1 aromatic rings. The molecule has 9 heavy (non-hydrogen) atoms. The third kappa shape index (κ3) is 5.52. The van der Waals surface area contributed by atoms with E-state index in [4.69, 9.17) is 0 Å². The molecule has 0 aliphatic rings. The number of hydrogen-bond donors (Lipinski definition) is 0. The molecule has 0 atom stereocenters. The minimum atomic E-state index is 0. The van der Waals surface area contributed by atoms with Gasteiger partial charge in [0, 0.05) is 42.1 Å². The normalized spacial score (nSPS) is 6.78. The molecule has 3 heteroatoms. The second-order valence-electron chi connectivity index (χ2n) is 1.15. The molecule has 0 fully saturated rings. The van der Waals surface area contributed by atoms with E-state index in [0.717, 1.165) is 4.47 Å². The van der Waals surface area contributed by atoms with E-state index in [2.05, 4.69) is 28.1 Å². The van der Waals surface area contributed by atoms with E-state index < -0.39 is 0 Å². The summed E-state index contributed by atoms with van der Waals surface area (Å²) in [5.41, 5.74) is 0. The van der Waals surface area contributed by atoms with Crippen LogP contribution in [0.15, 0.2) is 22.7 Å². The van der Waals surface area contributed by atoms with Gasteiger partial charge in [-0.25, -0.2) is 20.4 Å². The molecule has 0 bridgehead atoms. The van der Waals surface area contributed by atoms with E-state index in [1.807, 2.05) is 12.1 Å². The number of halogens is 1. The van der Waals surface area contributed by atoms with Crippen LogP contribution in [0.4, 0.5) is 0 Å². The molecular weight excluding hydrogens is 520 g/mol. The molecule has 0 aliphatic heterocycles. The molecule has 1 aromatic carbocycles. The molecule has 0 heterocycles. The molecule has 0 saturated carbocycles. The summed E-state index contributed by atoms with van der Waals surface area (Å²) in [7, 11) is 0. The Hall–Kier alpha value is 1.08. The molecule has 0 aromatic heterocycles. The summed E-state index contributed by atoms with van der Waals surface area (Å²) in [6, 6.07) is 11.1. The second kappa shape index (κ2) is 7.19. The Bertz CT molecular complexity index is 141. The van der Waals surface area contributed by atoms with Crippen LogP contribution >= 0.6 is 15.9 Å². The van der Waals surface area contributed by atoms with Crippen LogP contribution in [-0.2, 0) is 42.1 Å². The van der Waals surface area contributed by atoms with Crippen LogP contribution in [0.25, 0.3) is 0 Å². The Morgan fingerprint density at radius 3 is 1.78 bits per heavy atom. The molecule has 48 valence electrons. The standard InChI is InChI=1S/C6H3Br.2W/c7-6-4-2-1-3-5-6;;/h1,4-5H;;/q-2;;. The third-order valence-corrected chi connectivity index (χ3v) is 1.07. The fraction of sp³-hybridized carbons (Fsp3) is 0. The van der Waals surface area contributed by atoms with Crippen molar-refractivity contribution in [1.82, 2.24) is 0 Å². The van der Waals surface area contributed by atoms with E-state index in [9.17, 15) is 0 Å². The first-order valence-electron chi connectivity index (χ1n) is 1.92. The topological polar surface area (TPSA) is 0 Å². The van der Waals surface area contributed by atoms with Gasteiger partial charge >= 0.3 is 0 Å². The average molecular weight is 523 g/mol. The molecule has 0 radical (unpaired) electrons. The first kappa shape index (κ1) is 12.7. The molecule has 0 N–H and O–H groups in total. The van der Waals surface area contributed by atoms with Crippen molar-refractivity contribution in [2.24, 2.45) is 0 Å². The molecule has 0 saturated heterocycles. The van der Waals surface area contributed by atoms with Gasteiger partial charge < -0.3 is 18.2 Å². The van der Waals surface area contributed by atoms with Gasteiger partial charge in [0.2, 0.25) is 0 Å². The first-order valence-corrected chi connectivity index (χ1v) is 2.71. The molecule has 0 amide bonds. The van der Waals surface area contributed by atoms with E-state index in [1.165, 1.54) is 0 Å². The predicted molar refractivity (Wildman–Crippen MR) is 31.8 cm³/mol. The van der Waals surface area contributed by atoms with Crippen molar-refractivity contribution in [1.29, 1.82) is 0 Å². The summed E-state index contributed by atoms with van der Waals surface area (Å²) in [4.78, 5) is 0. The smallest absolute Gasteiger partial charge is 0 e. The maximum atomic E-state index is 3.25. The summed E-state index contributed by atoms with van der Waals surface area (Å²) in [6.45, 7) is 0. The largest absolute Gasteiger partial charge is 0.358 e. The van der Waals surface area contributed by atoms with Gasteiger partial charge in [-0.1, -0.05) is 0 Å². The fourth-order valence-corrected chi connectivity index (χ4v) is 0.597. The molecule has 0 spiro atoms. The van der Waals surface area contributed by atoms with Crippen molar-refractivity contribution in [2.75, 3.05) is 0 Å². The Morgan fingerprint density at radius 2 is 1.56 bits per heavy atom. The van der Waals surface area contributed by atoms with Gasteiger partial charge in [-0.2, -0.15) is 0 Å². The van der Waals surface area contributed by atoms with Gasteiger partial charge in [-0.15, -0.1) is 0 Å². The second-order valence-corrected chi connectivity index (χ2v) is 2.07. The third-order valence-electron chi connectivity index (χ3n) is 0.609. The molecule has 0 unspecified atom stereocenters. The van der Waals surface area contributed by atoms with Gasteiger partial charge in [0.15, 0.2) is 0 Å². The van der Waals surface area contributed by atoms with E-state index >= 15 is 0 Å². The summed E-state index contributed by atoms with van der Waals surface area (Å²) in [5, 5.41) is 0. The maximum Gasteiger partial charge on any atom is 0 e. The summed E-state index contributed by atoms with van der Waals surface area (Å²) >= 11 is 3.25. The zero-order valence-corrected chi connectivity index (χ0v) is 11.9. The van der Waals surface area contributed by atoms with E-state index in [1.54, 1.807) is 6.07 Å². The van der Waals surface area contributed by atoms with Crippen LogP contribution in [0, 0.1) is 12.1 Å². The van der Waals surface area contributed by atoms with Crippen molar-refractivity contribution in [3.63, 3.8) is 0 Å². The minimum absolute atomic E-state index is 0. The van der Waals surface area contributed by atoms with Crippen molar-refractivity contribution in [2.45, 2.75) is 0 Å². The van der Waals surface area contributed by atoms with Crippen LogP contribution in [0.1, 0.15) is 0 Å². The first-order chi connectivity index (χ1) is 3.39. The zero-order valence-electron chi connectivity index (χ0n) is 4.43. The van der Waals surface area contributed by atoms with Gasteiger partial charge in [-0.05, 0) is 0 Å². The van der Waals surface area contributed by atoms with Gasteiger partial charge in [0.1, 0.15) is 0 Å². The fourth-order valence-electron chi connectivity index (χ4n) is 0.332. The summed E-state index contributed by atoms with van der Waals surface area (Å²) < 4.78 is 1.02. The Labute approximate surface area is 92.1 Å². The van der Waals surface area contributed by atoms with Crippen molar-refractivity contribution < 1.29 is 42.1 Å².